The van der Waals surface area contributed by atoms with Crippen molar-refractivity contribution in [3.05, 3.63) is 109 Å². The molecule has 5 rings (SSSR count). The molecule has 16 nitrogen and oxygen atoms in total. The highest BCUT2D eigenvalue weighted by Gasteiger charge is 2.23. The van der Waals surface area contributed by atoms with Crippen molar-refractivity contribution < 1.29 is 28.3 Å². The van der Waals surface area contributed by atoms with Crippen molar-refractivity contribution in [2.75, 3.05) is 18.2 Å². The van der Waals surface area contributed by atoms with Gasteiger partial charge < -0.3 is 32.2 Å². The van der Waals surface area contributed by atoms with Gasteiger partial charge >= 0.3 is 5.97 Å². The molecule has 3 aromatic carbocycles. The van der Waals surface area contributed by atoms with Gasteiger partial charge in [-0.05, 0) is 42.3 Å². The van der Waals surface area contributed by atoms with Crippen LogP contribution in [0.1, 0.15) is 66.0 Å². The molecule has 2 aromatic heterocycles. The lowest BCUT2D eigenvalue weighted by Crippen LogP contribution is -2.36. The summed E-state index contributed by atoms with van der Waals surface area (Å²) in [6, 6.07) is 10.6. The van der Waals surface area contributed by atoms with Gasteiger partial charge in [0.1, 0.15) is 28.6 Å². The Balaban J connectivity index is 1.37. The average Bonchev–Trinajstić information content (AvgIpc) is 3.50. The number of halogens is 1. The number of carbonyl (C=O) groups excluding carboxylic acids is 4. The predicted molar refractivity (Wildman–Crippen MR) is 160 cm³/mol. The standard InChI is InChI=1S/C29H24FN9O7/c1-12(14-4-6-15(7-5-14)28(45)46-2)34-27(44)19-10-18(36-29-37-25(24(32)42)38-39(19)29)26(43)33-11-13-3-8-16(30)17(9-13)35-21-20(31)22(40)23(21)41/h3-10,12,35H,11,31H2,1-2H3,(H2,32,42)(H,33,43)(H,34,44)/t12-/m0/s1. The van der Waals surface area contributed by atoms with Crippen molar-refractivity contribution in [2.45, 2.75) is 19.5 Å². The number of nitrogen functional groups attached to an aromatic ring is 1. The molecule has 0 spiro atoms. The second-order valence-electron chi connectivity index (χ2n) is 9.92. The van der Waals surface area contributed by atoms with Crippen LogP contribution >= 0.6 is 0 Å². The van der Waals surface area contributed by atoms with Crippen LogP contribution in [0.2, 0.25) is 0 Å². The number of nitrogens with zero attached hydrogens (tertiary/aromatic N) is 4. The summed E-state index contributed by atoms with van der Waals surface area (Å²) in [5.74, 6) is -4.44. The van der Waals surface area contributed by atoms with E-state index in [4.69, 9.17) is 16.2 Å². The maximum absolute atomic E-state index is 14.4. The molecule has 0 saturated heterocycles. The Morgan fingerprint density at radius 2 is 1.72 bits per heavy atom. The Hall–Kier alpha value is -6.52. The lowest BCUT2D eigenvalue weighted by Gasteiger charge is -2.15. The Labute approximate surface area is 257 Å². The van der Waals surface area contributed by atoms with Gasteiger partial charge in [-0.2, -0.15) is 9.50 Å². The van der Waals surface area contributed by atoms with E-state index in [9.17, 15) is 33.2 Å². The number of hydrogen-bond donors (Lipinski definition) is 5. The van der Waals surface area contributed by atoms with E-state index < -0.39 is 52.2 Å². The van der Waals surface area contributed by atoms with Gasteiger partial charge in [0.25, 0.3) is 34.4 Å². The number of ether oxygens (including phenoxy) is 1. The SMILES string of the molecule is COC(=O)c1ccc([C@H](C)NC(=O)c2cc(C(=O)NCc3ccc(F)c(Nc4c(N)c(=O)c4=O)c3)nc3nc(C(N)=O)nn23)cc1. The van der Waals surface area contributed by atoms with Crippen LogP contribution in [-0.2, 0) is 11.3 Å². The number of esters is 1. The number of primary amides is 1. The van der Waals surface area contributed by atoms with Crippen LogP contribution in [0.5, 0.6) is 0 Å². The van der Waals surface area contributed by atoms with Crippen molar-refractivity contribution in [2.24, 2.45) is 5.73 Å². The van der Waals surface area contributed by atoms with Crippen molar-refractivity contribution >= 4 is 46.5 Å². The minimum atomic E-state index is -0.992. The molecule has 0 aliphatic heterocycles. The summed E-state index contributed by atoms with van der Waals surface area (Å²) in [6.07, 6.45) is 0. The van der Waals surface area contributed by atoms with Crippen LogP contribution in [-0.4, -0.2) is 50.4 Å². The summed E-state index contributed by atoms with van der Waals surface area (Å²) in [5.41, 5.74) is 9.23. The van der Waals surface area contributed by atoms with Crippen molar-refractivity contribution in [3.63, 3.8) is 0 Å². The van der Waals surface area contributed by atoms with Gasteiger partial charge in [-0.3, -0.25) is 24.0 Å². The van der Waals surface area contributed by atoms with E-state index in [1.807, 2.05) is 0 Å². The zero-order valence-electron chi connectivity index (χ0n) is 24.1. The highest BCUT2D eigenvalue weighted by molar-refractivity contribution is 5.98. The molecule has 3 amide bonds. The number of methoxy groups -OCH3 is 1. The zero-order valence-corrected chi connectivity index (χ0v) is 24.1. The quantitative estimate of drug-likeness (QED) is 0.105. The van der Waals surface area contributed by atoms with Crippen LogP contribution in [0.4, 0.5) is 21.5 Å². The number of carbonyl (C=O) groups is 4. The first-order chi connectivity index (χ1) is 21.9. The third-order valence-electron chi connectivity index (χ3n) is 6.87. The van der Waals surface area contributed by atoms with Crippen molar-refractivity contribution in [3.8, 4) is 0 Å². The van der Waals surface area contributed by atoms with Gasteiger partial charge in [0, 0.05) is 12.6 Å². The van der Waals surface area contributed by atoms with Crippen molar-refractivity contribution in [1.82, 2.24) is 30.2 Å². The van der Waals surface area contributed by atoms with E-state index in [1.54, 1.807) is 19.1 Å². The molecule has 0 fully saturated rings. The van der Waals surface area contributed by atoms with E-state index in [1.165, 1.54) is 31.4 Å². The summed E-state index contributed by atoms with van der Waals surface area (Å²) in [6.45, 7) is 1.53. The van der Waals surface area contributed by atoms with E-state index in [0.717, 1.165) is 16.6 Å². The molecule has 0 radical (unpaired) electrons. The molecule has 1 atom stereocenters. The van der Waals surface area contributed by atoms with E-state index in [-0.39, 0.29) is 40.8 Å². The molecule has 0 aliphatic rings. The Morgan fingerprint density at radius 3 is 2.37 bits per heavy atom. The summed E-state index contributed by atoms with van der Waals surface area (Å²) in [7, 11) is 1.26. The van der Waals surface area contributed by atoms with Gasteiger partial charge in [-0.15, -0.1) is 5.10 Å². The number of fused-ring (bicyclic) bond motifs is 1. The fourth-order valence-electron chi connectivity index (χ4n) is 4.35. The van der Waals surface area contributed by atoms with Crippen LogP contribution in [0.15, 0.2) is 58.1 Å². The summed E-state index contributed by atoms with van der Waals surface area (Å²) in [5, 5.41) is 11.8. The number of amides is 3. The predicted octanol–water partition coefficient (Wildman–Crippen LogP) is 0.492. The molecule has 234 valence electrons. The number of benzene rings is 2. The molecular weight excluding hydrogens is 605 g/mol. The molecule has 5 aromatic rings. The monoisotopic (exact) mass is 629 g/mol. The van der Waals surface area contributed by atoms with E-state index in [0.29, 0.717) is 16.7 Å². The lowest BCUT2D eigenvalue weighted by atomic mass is 10.1. The number of nitrogens with one attached hydrogen (secondary N) is 3. The van der Waals surface area contributed by atoms with Crippen LogP contribution in [0.3, 0.4) is 0 Å². The Morgan fingerprint density at radius 1 is 1.00 bits per heavy atom. The number of anilines is 3. The van der Waals surface area contributed by atoms with Crippen molar-refractivity contribution in [1.29, 1.82) is 0 Å². The van der Waals surface area contributed by atoms with Crippen LogP contribution in [0, 0.1) is 5.82 Å². The number of nitrogens with two attached hydrogens (primary N) is 2. The topological polar surface area (TPSA) is 243 Å². The molecule has 17 heteroatoms. The number of rotatable bonds is 10. The largest absolute Gasteiger partial charge is 0.465 e. The summed E-state index contributed by atoms with van der Waals surface area (Å²) in [4.78, 5) is 81.1. The number of hydrogen-bond acceptors (Lipinski definition) is 12. The third kappa shape index (κ3) is 5.96. The summed E-state index contributed by atoms with van der Waals surface area (Å²) < 4.78 is 20.0. The molecule has 0 aliphatic carbocycles. The van der Waals surface area contributed by atoms with Gasteiger partial charge in [0.2, 0.25) is 5.82 Å². The van der Waals surface area contributed by atoms with Gasteiger partial charge in [0.05, 0.1) is 24.4 Å². The average molecular weight is 630 g/mol. The first-order valence-electron chi connectivity index (χ1n) is 13.4. The molecule has 46 heavy (non-hydrogen) atoms. The van der Waals surface area contributed by atoms with E-state index in [2.05, 4.69) is 31.0 Å². The van der Waals surface area contributed by atoms with Crippen LogP contribution < -0.4 is 38.3 Å². The molecular formula is C29H24FN9O7. The molecule has 7 N–H and O–H groups in total. The molecule has 2 heterocycles. The normalized spacial score (nSPS) is 11.6. The second kappa shape index (κ2) is 12.2. The Bertz CT molecular complexity index is 2120. The molecule has 0 saturated carbocycles. The highest BCUT2D eigenvalue weighted by atomic mass is 19.1. The maximum atomic E-state index is 14.4. The lowest BCUT2D eigenvalue weighted by molar-refractivity contribution is 0.0600. The Kier molecular flexibility index (Phi) is 8.22. The molecule has 0 unspecified atom stereocenters. The van der Waals surface area contributed by atoms with Gasteiger partial charge in [-0.1, -0.05) is 18.2 Å². The fourth-order valence-corrected chi connectivity index (χ4v) is 4.35. The minimum Gasteiger partial charge on any atom is -0.465 e. The highest BCUT2D eigenvalue weighted by Crippen LogP contribution is 2.23. The van der Waals surface area contributed by atoms with Crippen LogP contribution in [0.25, 0.3) is 5.78 Å². The zero-order chi connectivity index (χ0) is 33.3. The first kappa shape index (κ1) is 30.9. The van der Waals surface area contributed by atoms with Gasteiger partial charge in [-0.25, -0.2) is 14.2 Å². The fraction of sp³-hybridized carbons (Fsp3) is 0.138. The summed E-state index contributed by atoms with van der Waals surface area (Å²) >= 11 is 0. The minimum absolute atomic E-state index is 0.151. The molecule has 0 bridgehead atoms. The number of aromatic nitrogens is 4. The maximum Gasteiger partial charge on any atom is 0.337 e. The third-order valence-corrected chi connectivity index (χ3v) is 6.87. The second-order valence-corrected chi connectivity index (χ2v) is 9.92. The van der Waals surface area contributed by atoms with Gasteiger partial charge in [0.15, 0.2) is 0 Å². The van der Waals surface area contributed by atoms with E-state index >= 15 is 0 Å². The first-order valence-corrected chi connectivity index (χ1v) is 13.4. The smallest absolute Gasteiger partial charge is 0.337 e.